The maximum atomic E-state index is 10.7. The summed E-state index contributed by atoms with van der Waals surface area (Å²) < 4.78 is 11.2. The molecule has 160 valence electrons. The molecule has 0 saturated heterocycles. The molecule has 1 N–H and O–H groups in total. The molecule has 30 heavy (non-hydrogen) atoms. The van der Waals surface area contributed by atoms with Crippen LogP contribution >= 0.6 is 0 Å². The van der Waals surface area contributed by atoms with E-state index >= 15 is 0 Å². The number of anilines is 1. The van der Waals surface area contributed by atoms with Gasteiger partial charge in [0.25, 0.3) is 0 Å². The first kappa shape index (κ1) is 21.7. The predicted octanol–water partition coefficient (Wildman–Crippen LogP) is 5.25. The molecule has 2 aromatic rings. The number of benzene rings is 2. The molecule has 1 aliphatic heterocycles. The van der Waals surface area contributed by atoms with Gasteiger partial charge in [-0.1, -0.05) is 33.1 Å². The maximum absolute atomic E-state index is 10.7. The van der Waals surface area contributed by atoms with Gasteiger partial charge < -0.3 is 19.5 Å². The number of amidine groups is 1. The summed E-state index contributed by atoms with van der Waals surface area (Å²) in [6.45, 7) is 5.45. The fourth-order valence-electron chi connectivity index (χ4n) is 3.44. The highest BCUT2D eigenvalue weighted by Gasteiger charge is 2.21. The van der Waals surface area contributed by atoms with Crippen molar-refractivity contribution in [1.29, 1.82) is 0 Å². The fourth-order valence-corrected chi connectivity index (χ4v) is 3.44. The first-order chi connectivity index (χ1) is 14.7. The zero-order valence-electron chi connectivity index (χ0n) is 18.0. The first-order valence-corrected chi connectivity index (χ1v) is 10.6. The van der Waals surface area contributed by atoms with Crippen molar-refractivity contribution in [2.45, 2.75) is 39.5 Å². The van der Waals surface area contributed by atoms with Crippen LogP contribution in [-0.4, -0.2) is 37.7 Å². The summed E-state index contributed by atoms with van der Waals surface area (Å²) in [4.78, 5) is 10.6. The first-order valence-electron chi connectivity index (χ1n) is 10.6. The van der Waals surface area contributed by atoms with Gasteiger partial charge >= 0.3 is 0 Å². The van der Waals surface area contributed by atoms with E-state index in [1.165, 1.54) is 19.3 Å². The summed E-state index contributed by atoms with van der Waals surface area (Å²) in [6, 6.07) is 13.1. The predicted molar refractivity (Wildman–Crippen MR) is 122 cm³/mol. The van der Waals surface area contributed by atoms with E-state index in [9.17, 15) is 5.11 Å². The van der Waals surface area contributed by atoms with Crippen molar-refractivity contribution in [2.24, 2.45) is 15.9 Å². The van der Waals surface area contributed by atoms with E-state index in [1.54, 1.807) is 19.5 Å². The van der Waals surface area contributed by atoms with E-state index in [1.807, 2.05) is 41.3 Å². The average molecular weight is 410 g/mol. The largest absolute Gasteiger partial charge is 0.506 e. The van der Waals surface area contributed by atoms with Crippen LogP contribution in [0.1, 0.15) is 45.1 Å². The van der Waals surface area contributed by atoms with Crippen molar-refractivity contribution in [3.63, 3.8) is 0 Å². The van der Waals surface area contributed by atoms with Gasteiger partial charge in [0.15, 0.2) is 0 Å². The fraction of sp³-hybridized carbons (Fsp3) is 0.417. The van der Waals surface area contributed by atoms with Gasteiger partial charge in [-0.15, -0.1) is 0 Å². The third-order valence-corrected chi connectivity index (χ3v) is 5.36. The third kappa shape index (κ3) is 5.32. The van der Waals surface area contributed by atoms with Crippen LogP contribution in [-0.2, 0) is 0 Å². The standard InChI is InChI=1S/C24H31N3O3/c1-4-6-7-18(5-2)15-30-21-12-13-22(23(28)14-21)27-17-25-16-26-24(27)19-8-10-20(29-3)11-9-19/h8-14,16,18,28H,4-7,15,17H2,1-3H3. The molecule has 0 aliphatic carbocycles. The second kappa shape index (κ2) is 10.7. The van der Waals surface area contributed by atoms with E-state index < -0.39 is 0 Å². The maximum Gasteiger partial charge on any atom is 0.143 e. The molecule has 1 atom stereocenters. The molecule has 6 heteroatoms. The lowest BCUT2D eigenvalue weighted by atomic mass is 10.0. The Morgan fingerprint density at radius 1 is 1.10 bits per heavy atom. The minimum absolute atomic E-state index is 0.146. The van der Waals surface area contributed by atoms with Crippen molar-refractivity contribution in [2.75, 3.05) is 25.3 Å². The van der Waals surface area contributed by atoms with Gasteiger partial charge in [0, 0.05) is 11.6 Å². The summed E-state index contributed by atoms with van der Waals surface area (Å²) in [5.74, 6) is 2.87. The number of hydrogen-bond acceptors (Lipinski definition) is 6. The Morgan fingerprint density at radius 3 is 2.53 bits per heavy atom. The summed E-state index contributed by atoms with van der Waals surface area (Å²) in [5.41, 5.74) is 1.56. The number of unbranched alkanes of at least 4 members (excludes halogenated alkanes) is 1. The van der Waals surface area contributed by atoms with Crippen LogP contribution < -0.4 is 14.4 Å². The second-order valence-electron chi connectivity index (χ2n) is 7.43. The Balaban J connectivity index is 1.74. The monoisotopic (exact) mass is 409 g/mol. The SMILES string of the molecule is CCCCC(CC)COc1ccc(N2CN=CN=C2c2ccc(OC)cc2)c(O)c1. The molecule has 6 nitrogen and oxygen atoms in total. The summed E-state index contributed by atoms with van der Waals surface area (Å²) >= 11 is 0. The van der Waals surface area contributed by atoms with Crippen molar-refractivity contribution in [3.8, 4) is 17.2 Å². The highest BCUT2D eigenvalue weighted by atomic mass is 16.5. The Labute approximate surface area is 178 Å². The molecule has 2 aromatic carbocycles. The molecule has 1 aliphatic rings. The Hall–Kier alpha value is -3.02. The van der Waals surface area contributed by atoms with Crippen LogP contribution in [0.5, 0.6) is 17.2 Å². The van der Waals surface area contributed by atoms with Crippen LogP contribution in [0.15, 0.2) is 52.4 Å². The summed E-state index contributed by atoms with van der Waals surface area (Å²) in [7, 11) is 1.64. The number of nitrogens with zero attached hydrogens (tertiary/aromatic N) is 3. The highest BCUT2D eigenvalue weighted by molar-refractivity contribution is 6.13. The van der Waals surface area contributed by atoms with Crippen LogP contribution in [0.4, 0.5) is 5.69 Å². The normalized spacial score (nSPS) is 14.4. The number of methoxy groups -OCH3 is 1. The molecule has 0 saturated carbocycles. The number of hydrogen-bond donors (Lipinski definition) is 1. The van der Waals surface area contributed by atoms with Crippen molar-refractivity contribution in [1.82, 2.24) is 0 Å². The number of aromatic hydroxyl groups is 1. The zero-order chi connectivity index (χ0) is 21.3. The molecular weight excluding hydrogens is 378 g/mol. The lowest BCUT2D eigenvalue weighted by molar-refractivity contribution is 0.232. The number of rotatable bonds is 10. The Kier molecular flexibility index (Phi) is 7.71. The van der Waals surface area contributed by atoms with Gasteiger partial charge in [0.1, 0.15) is 36.1 Å². The minimum atomic E-state index is 0.146. The topological polar surface area (TPSA) is 66.7 Å². The lowest BCUT2D eigenvalue weighted by Gasteiger charge is -2.27. The zero-order valence-corrected chi connectivity index (χ0v) is 18.0. The van der Waals surface area contributed by atoms with Crippen molar-refractivity contribution in [3.05, 3.63) is 48.0 Å². The van der Waals surface area contributed by atoms with Gasteiger partial charge in [-0.05, 0) is 48.7 Å². The van der Waals surface area contributed by atoms with Crippen LogP contribution in [0, 0.1) is 5.92 Å². The molecule has 0 amide bonds. The van der Waals surface area contributed by atoms with Gasteiger partial charge in [-0.25, -0.2) is 4.99 Å². The van der Waals surface area contributed by atoms with Gasteiger partial charge in [0.2, 0.25) is 0 Å². The average Bonchev–Trinajstić information content (AvgIpc) is 2.79. The van der Waals surface area contributed by atoms with Crippen LogP contribution in [0.2, 0.25) is 0 Å². The van der Waals surface area contributed by atoms with E-state index in [0.717, 1.165) is 23.6 Å². The van der Waals surface area contributed by atoms with E-state index in [2.05, 4.69) is 23.8 Å². The van der Waals surface area contributed by atoms with Crippen LogP contribution in [0.25, 0.3) is 0 Å². The van der Waals surface area contributed by atoms with Crippen molar-refractivity contribution >= 4 is 17.9 Å². The highest BCUT2D eigenvalue weighted by Crippen LogP contribution is 2.33. The molecule has 0 radical (unpaired) electrons. The molecule has 0 aromatic heterocycles. The Bertz CT molecular complexity index is 878. The van der Waals surface area contributed by atoms with E-state index in [0.29, 0.717) is 30.6 Å². The molecule has 1 heterocycles. The summed E-state index contributed by atoms with van der Waals surface area (Å²) in [6.07, 6.45) is 6.23. The second-order valence-corrected chi connectivity index (χ2v) is 7.43. The smallest absolute Gasteiger partial charge is 0.143 e. The molecule has 1 unspecified atom stereocenters. The van der Waals surface area contributed by atoms with Crippen LogP contribution in [0.3, 0.4) is 0 Å². The lowest BCUT2D eigenvalue weighted by Crippen LogP contribution is -2.34. The van der Waals surface area contributed by atoms with Gasteiger partial charge in [-0.3, -0.25) is 4.99 Å². The van der Waals surface area contributed by atoms with E-state index in [-0.39, 0.29) is 5.75 Å². The number of phenolic OH excluding ortho intramolecular Hbond substituents is 1. The summed E-state index contributed by atoms with van der Waals surface area (Å²) in [5, 5.41) is 10.7. The van der Waals surface area contributed by atoms with E-state index in [4.69, 9.17) is 9.47 Å². The molecule has 0 spiro atoms. The molecular formula is C24H31N3O3. The number of aliphatic imine (C=N–C) groups is 2. The quantitative estimate of drug-likeness (QED) is 0.582. The van der Waals surface area contributed by atoms with Gasteiger partial charge in [-0.2, -0.15) is 0 Å². The Morgan fingerprint density at radius 2 is 1.87 bits per heavy atom. The van der Waals surface area contributed by atoms with Gasteiger partial charge in [0.05, 0.1) is 19.4 Å². The molecule has 0 fully saturated rings. The molecule has 0 bridgehead atoms. The molecule has 3 rings (SSSR count). The minimum Gasteiger partial charge on any atom is -0.506 e. The van der Waals surface area contributed by atoms with Crippen molar-refractivity contribution < 1.29 is 14.6 Å². The number of ether oxygens (including phenoxy) is 2. The third-order valence-electron chi connectivity index (χ3n) is 5.36. The number of phenols is 1.